The van der Waals surface area contributed by atoms with Crippen LogP contribution in [0.1, 0.15) is 5.56 Å². The van der Waals surface area contributed by atoms with Crippen molar-refractivity contribution in [3.8, 4) is 11.5 Å². The fourth-order valence-electron chi connectivity index (χ4n) is 1.33. The minimum Gasteiger partial charge on any atom is -0.454 e. The van der Waals surface area contributed by atoms with E-state index >= 15 is 0 Å². The van der Waals surface area contributed by atoms with Crippen LogP contribution in [0.25, 0.3) is 6.08 Å². The van der Waals surface area contributed by atoms with E-state index in [-0.39, 0.29) is 6.79 Å². The van der Waals surface area contributed by atoms with Gasteiger partial charge in [-0.05, 0) is 17.7 Å². The van der Waals surface area contributed by atoms with Crippen LogP contribution in [0, 0.1) is 0 Å². The van der Waals surface area contributed by atoms with Crippen LogP contribution in [0.2, 0.25) is 0 Å². The van der Waals surface area contributed by atoms with E-state index < -0.39 is 5.91 Å². The molecule has 4 nitrogen and oxygen atoms in total. The molecule has 16 heavy (non-hydrogen) atoms. The van der Waals surface area contributed by atoms with Gasteiger partial charge < -0.3 is 15.2 Å². The normalized spacial score (nSPS) is 13.8. The maximum atomic E-state index is 10.4. The Labute approximate surface area is 93.0 Å². The lowest BCUT2D eigenvalue weighted by atomic mass is 10.2. The summed E-state index contributed by atoms with van der Waals surface area (Å²) < 4.78 is 10.4. The second kappa shape index (κ2) is 4.53. The van der Waals surface area contributed by atoms with Gasteiger partial charge in [0.05, 0.1) is 0 Å². The predicted molar refractivity (Wildman–Crippen MR) is 59.9 cm³/mol. The second-order valence-electron chi connectivity index (χ2n) is 3.23. The zero-order chi connectivity index (χ0) is 11.4. The van der Waals surface area contributed by atoms with E-state index in [4.69, 9.17) is 15.2 Å². The molecule has 4 heteroatoms. The third-order valence-electron chi connectivity index (χ3n) is 2.06. The topological polar surface area (TPSA) is 61.6 Å². The van der Waals surface area contributed by atoms with Crippen molar-refractivity contribution in [1.82, 2.24) is 0 Å². The molecule has 1 aromatic rings. The third kappa shape index (κ3) is 2.42. The van der Waals surface area contributed by atoms with Gasteiger partial charge in [0.25, 0.3) is 0 Å². The molecule has 0 aliphatic carbocycles. The first kappa shape index (κ1) is 10.3. The molecule has 2 rings (SSSR count). The lowest BCUT2D eigenvalue weighted by Crippen LogP contribution is -2.04. The molecule has 0 spiro atoms. The molecule has 0 atom stereocenters. The summed E-state index contributed by atoms with van der Waals surface area (Å²) in [5.74, 6) is 1.03. The average Bonchev–Trinajstić information content (AvgIpc) is 2.71. The van der Waals surface area contributed by atoms with Crippen LogP contribution in [0.15, 0.2) is 36.4 Å². The maximum absolute atomic E-state index is 10.4. The van der Waals surface area contributed by atoms with E-state index in [9.17, 15) is 4.79 Å². The predicted octanol–water partition coefficient (Wildman–Crippen LogP) is 1.47. The Hall–Kier alpha value is -2.23. The summed E-state index contributed by atoms with van der Waals surface area (Å²) in [6, 6.07) is 5.62. The molecule has 0 radical (unpaired) electrons. The van der Waals surface area contributed by atoms with Crippen molar-refractivity contribution in [2.75, 3.05) is 6.79 Å². The number of ether oxygens (including phenoxy) is 2. The highest BCUT2D eigenvalue weighted by Crippen LogP contribution is 2.32. The molecular weight excluding hydrogens is 206 g/mol. The quantitative estimate of drug-likeness (QED) is 0.616. The van der Waals surface area contributed by atoms with Crippen molar-refractivity contribution in [3.05, 3.63) is 42.0 Å². The van der Waals surface area contributed by atoms with Crippen LogP contribution in [-0.4, -0.2) is 12.7 Å². The minimum atomic E-state index is -0.463. The van der Waals surface area contributed by atoms with Crippen LogP contribution >= 0.6 is 0 Å². The van der Waals surface area contributed by atoms with E-state index in [0.717, 1.165) is 17.1 Å². The van der Waals surface area contributed by atoms with Crippen LogP contribution in [0.5, 0.6) is 11.5 Å². The number of allylic oxidation sites excluding steroid dienone is 2. The highest BCUT2D eigenvalue weighted by atomic mass is 16.7. The highest BCUT2D eigenvalue weighted by molar-refractivity contribution is 5.86. The Balaban J connectivity index is 2.08. The Kier molecular flexibility index (Phi) is 2.91. The molecule has 0 bridgehead atoms. The number of carbonyl (C=O) groups excluding carboxylic acids is 1. The van der Waals surface area contributed by atoms with Crippen molar-refractivity contribution < 1.29 is 14.3 Å². The first-order valence-corrected chi connectivity index (χ1v) is 4.79. The molecule has 0 fully saturated rings. The van der Waals surface area contributed by atoms with Gasteiger partial charge in [-0.2, -0.15) is 0 Å². The highest BCUT2D eigenvalue weighted by Gasteiger charge is 2.11. The van der Waals surface area contributed by atoms with Crippen molar-refractivity contribution >= 4 is 12.0 Å². The summed E-state index contributed by atoms with van der Waals surface area (Å²) in [5.41, 5.74) is 5.92. The van der Waals surface area contributed by atoms with E-state index in [1.165, 1.54) is 6.08 Å². The molecule has 1 aliphatic heterocycles. The number of benzene rings is 1. The Morgan fingerprint density at radius 1 is 1.25 bits per heavy atom. The molecular formula is C12H11NO3. The van der Waals surface area contributed by atoms with Gasteiger partial charge in [0, 0.05) is 6.08 Å². The van der Waals surface area contributed by atoms with Crippen molar-refractivity contribution in [2.24, 2.45) is 5.73 Å². The zero-order valence-corrected chi connectivity index (χ0v) is 8.55. The molecule has 1 aliphatic rings. The van der Waals surface area contributed by atoms with Gasteiger partial charge in [-0.25, -0.2) is 0 Å². The molecule has 0 saturated carbocycles. The molecule has 0 unspecified atom stereocenters. The average molecular weight is 217 g/mol. The van der Waals surface area contributed by atoms with Gasteiger partial charge in [0.2, 0.25) is 12.7 Å². The number of fused-ring (bicyclic) bond motifs is 1. The number of carbonyl (C=O) groups is 1. The standard InChI is InChI=1S/C12H11NO3/c13-12(14)4-2-1-3-9-5-6-10-11(7-9)16-8-15-10/h1-7H,8H2,(H2,13,14)/b3-1+,4-2+. The zero-order valence-electron chi connectivity index (χ0n) is 8.55. The number of rotatable bonds is 3. The van der Waals surface area contributed by atoms with Gasteiger partial charge in [0.1, 0.15) is 0 Å². The van der Waals surface area contributed by atoms with Gasteiger partial charge >= 0.3 is 0 Å². The van der Waals surface area contributed by atoms with E-state index in [1.54, 1.807) is 12.2 Å². The third-order valence-corrected chi connectivity index (χ3v) is 2.06. The summed E-state index contributed by atoms with van der Waals surface area (Å²) in [6.45, 7) is 0.268. The summed E-state index contributed by atoms with van der Waals surface area (Å²) in [4.78, 5) is 10.4. The lowest BCUT2D eigenvalue weighted by Gasteiger charge is -1.96. The van der Waals surface area contributed by atoms with Gasteiger partial charge in [-0.15, -0.1) is 0 Å². The first-order chi connectivity index (χ1) is 7.75. The van der Waals surface area contributed by atoms with Crippen molar-refractivity contribution in [3.63, 3.8) is 0 Å². The number of primary amides is 1. The fraction of sp³-hybridized carbons (Fsp3) is 0.0833. The summed E-state index contributed by atoms with van der Waals surface area (Å²) >= 11 is 0. The number of hydrogen-bond donors (Lipinski definition) is 1. The number of nitrogens with two attached hydrogens (primary N) is 1. The van der Waals surface area contributed by atoms with Crippen molar-refractivity contribution in [1.29, 1.82) is 0 Å². The Morgan fingerprint density at radius 3 is 2.88 bits per heavy atom. The molecule has 82 valence electrons. The van der Waals surface area contributed by atoms with E-state index in [2.05, 4.69) is 0 Å². The summed E-state index contributed by atoms with van der Waals surface area (Å²) in [7, 11) is 0. The number of amides is 1. The van der Waals surface area contributed by atoms with Crippen LogP contribution < -0.4 is 15.2 Å². The van der Waals surface area contributed by atoms with E-state index in [1.807, 2.05) is 24.3 Å². The molecule has 1 amide bonds. The van der Waals surface area contributed by atoms with E-state index in [0.29, 0.717) is 0 Å². The van der Waals surface area contributed by atoms with Gasteiger partial charge in [-0.1, -0.05) is 24.3 Å². The first-order valence-electron chi connectivity index (χ1n) is 4.79. The molecule has 0 saturated heterocycles. The minimum absolute atomic E-state index is 0.268. The summed E-state index contributed by atoms with van der Waals surface area (Å²) in [5, 5.41) is 0. The molecule has 1 heterocycles. The van der Waals surface area contributed by atoms with Crippen molar-refractivity contribution in [2.45, 2.75) is 0 Å². The molecule has 2 N–H and O–H groups in total. The fourth-order valence-corrected chi connectivity index (χ4v) is 1.33. The van der Waals surface area contributed by atoms with Gasteiger partial charge in [0.15, 0.2) is 11.5 Å². The maximum Gasteiger partial charge on any atom is 0.241 e. The Morgan fingerprint density at radius 2 is 2.06 bits per heavy atom. The smallest absolute Gasteiger partial charge is 0.241 e. The monoisotopic (exact) mass is 217 g/mol. The Bertz CT molecular complexity index is 463. The lowest BCUT2D eigenvalue weighted by molar-refractivity contribution is -0.113. The van der Waals surface area contributed by atoms with Crippen LogP contribution in [0.4, 0.5) is 0 Å². The largest absolute Gasteiger partial charge is 0.454 e. The van der Waals surface area contributed by atoms with Crippen LogP contribution in [-0.2, 0) is 4.79 Å². The van der Waals surface area contributed by atoms with Gasteiger partial charge in [-0.3, -0.25) is 4.79 Å². The number of hydrogen-bond acceptors (Lipinski definition) is 3. The summed E-state index contributed by atoms with van der Waals surface area (Å²) in [6.07, 6.45) is 6.47. The molecule has 1 aromatic carbocycles. The second-order valence-corrected chi connectivity index (χ2v) is 3.23. The SMILES string of the molecule is NC(=O)/C=C/C=C/c1ccc2c(c1)OCO2. The van der Waals surface area contributed by atoms with Crippen LogP contribution in [0.3, 0.4) is 0 Å². The molecule has 0 aromatic heterocycles.